The van der Waals surface area contributed by atoms with Gasteiger partial charge in [0.15, 0.2) is 0 Å². The van der Waals surface area contributed by atoms with E-state index in [2.05, 4.69) is 36.1 Å². The number of carbonyl (C=O) groups is 1. The normalized spacial score (nSPS) is 24.1. The fourth-order valence-electron chi connectivity index (χ4n) is 2.70. The molecule has 1 aliphatic rings. The summed E-state index contributed by atoms with van der Waals surface area (Å²) in [6.45, 7) is 4.13. The van der Waals surface area contributed by atoms with E-state index in [9.17, 15) is 4.79 Å². The highest BCUT2D eigenvalue weighted by Gasteiger charge is 2.35. The Morgan fingerprint density at radius 1 is 1.39 bits per heavy atom. The molecule has 1 heterocycles. The Labute approximate surface area is 109 Å². The number of ether oxygens (including phenoxy) is 1. The van der Waals surface area contributed by atoms with Crippen LogP contribution in [0.15, 0.2) is 30.3 Å². The van der Waals surface area contributed by atoms with Crippen LogP contribution in [-0.4, -0.2) is 37.1 Å². The van der Waals surface area contributed by atoms with Crippen LogP contribution in [0.5, 0.6) is 0 Å². The summed E-state index contributed by atoms with van der Waals surface area (Å²) < 4.78 is 4.85. The van der Waals surface area contributed by atoms with Crippen LogP contribution in [0.3, 0.4) is 0 Å². The molecule has 1 aliphatic heterocycles. The van der Waals surface area contributed by atoms with Crippen LogP contribution in [0.2, 0.25) is 0 Å². The minimum atomic E-state index is -0.0651. The number of methoxy groups -OCH3 is 1. The van der Waals surface area contributed by atoms with Crippen LogP contribution >= 0.6 is 0 Å². The first-order chi connectivity index (χ1) is 8.72. The van der Waals surface area contributed by atoms with E-state index >= 15 is 0 Å². The molecule has 3 nitrogen and oxygen atoms in total. The van der Waals surface area contributed by atoms with Gasteiger partial charge < -0.3 is 4.74 Å². The fraction of sp³-hybridized carbons (Fsp3) is 0.533. The Morgan fingerprint density at radius 3 is 2.78 bits per heavy atom. The van der Waals surface area contributed by atoms with Gasteiger partial charge in [0, 0.05) is 12.6 Å². The fourth-order valence-corrected chi connectivity index (χ4v) is 2.70. The van der Waals surface area contributed by atoms with Crippen LogP contribution in [0, 0.1) is 5.92 Å². The Morgan fingerprint density at radius 2 is 2.11 bits per heavy atom. The van der Waals surface area contributed by atoms with Gasteiger partial charge in [-0.25, -0.2) is 0 Å². The van der Waals surface area contributed by atoms with Gasteiger partial charge in [0.2, 0.25) is 0 Å². The Hall–Kier alpha value is -1.35. The monoisotopic (exact) mass is 247 g/mol. The van der Waals surface area contributed by atoms with E-state index in [-0.39, 0.29) is 11.9 Å². The molecule has 1 aromatic rings. The predicted molar refractivity (Wildman–Crippen MR) is 71.3 cm³/mol. The third-order valence-electron chi connectivity index (χ3n) is 3.92. The van der Waals surface area contributed by atoms with E-state index < -0.39 is 0 Å². The second kappa shape index (κ2) is 6.01. The van der Waals surface area contributed by atoms with Gasteiger partial charge in [-0.2, -0.15) is 0 Å². The topological polar surface area (TPSA) is 29.5 Å². The number of nitrogens with zero attached hydrogens (tertiary/aromatic N) is 1. The van der Waals surface area contributed by atoms with Gasteiger partial charge in [-0.3, -0.25) is 9.69 Å². The number of rotatable bonds is 4. The third kappa shape index (κ3) is 2.91. The lowest BCUT2D eigenvalue weighted by Gasteiger charge is -2.23. The molecule has 98 valence electrons. The summed E-state index contributed by atoms with van der Waals surface area (Å²) in [5.74, 6) is -0.0181. The smallest absolute Gasteiger partial charge is 0.310 e. The summed E-state index contributed by atoms with van der Waals surface area (Å²) in [6, 6.07) is 10.8. The largest absolute Gasteiger partial charge is 0.469 e. The van der Waals surface area contributed by atoms with Crippen molar-refractivity contribution in [2.45, 2.75) is 25.8 Å². The maximum absolute atomic E-state index is 11.6. The van der Waals surface area contributed by atoms with Crippen LogP contribution in [-0.2, 0) is 16.0 Å². The molecular weight excluding hydrogens is 226 g/mol. The van der Waals surface area contributed by atoms with Gasteiger partial charge in [-0.15, -0.1) is 0 Å². The van der Waals surface area contributed by atoms with E-state index in [0.717, 1.165) is 25.9 Å². The Balaban J connectivity index is 1.86. The van der Waals surface area contributed by atoms with Crippen molar-refractivity contribution in [2.75, 3.05) is 20.2 Å². The average molecular weight is 247 g/mol. The van der Waals surface area contributed by atoms with Crippen molar-refractivity contribution in [3.63, 3.8) is 0 Å². The highest BCUT2D eigenvalue weighted by Crippen LogP contribution is 2.25. The number of hydrogen-bond acceptors (Lipinski definition) is 3. The van der Waals surface area contributed by atoms with Gasteiger partial charge in [-0.1, -0.05) is 30.3 Å². The van der Waals surface area contributed by atoms with Crippen LogP contribution in [0.4, 0.5) is 0 Å². The molecule has 0 N–H and O–H groups in total. The van der Waals surface area contributed by atoms with Crippen LogP contribution in [0.1, 0.15) is 18.9 Å². The second-order valence-electron chi connectivity index (χ2n) is 4.93. The Kier molecular flexibility index (Phi) is 4.37. The molecule has 0 aromatic heterocycles. The van der Waals surface area contributed by atoms with Crippen molar-refractivity contribution in [3.8, 4) is 0 Å². The zero-order chi connectivity index (χ0) is 13.0. The van der Waals surface area contributed by atoms with Gasteiger partial charge in [0.1, 0.15) is 0 Å². The second-order valence-corrected chi connectivity index (χ2v) is 4.93. The molecule has 1 aromatic carbocycles. The predicted octanol–water partition coefficient (Wildman–Crippen LogP) is 2.11. The van der Waals surface area contributed by atoms with Crippen molar-refractivity contribution >= 4 is 5.97 Å². The number of benzene rings is 1. The van der Waals surface area contributed by atoms with E-state index in [1.807, 2.05) is 6.07 Å². The number of carbonyl (C=O) groups excluding carboxylic acids is 1. The molecule has 0 spiro atoms. The first-order valence-corrected chi connectivity index (χ1v) is 6.58. The molecule has 0 aliphatic carbocycles. The number of hydrogen-bond donors (Lipinski definition) is 0. The maximum atomic E-state index is 11.6. The molecule has 0 saturated carbocycles. The number of esters is 1. The highest BCUT2D eigenvalue weighted by molar-refractivity contribution is 5.73. The number of likely N-dealkylation sites (tertiary alicyclic amines) is 1. The molecule has 1 saturated heterocycles. The lowest BCUT2D eigenvalue weighted by Crippen LogP contribution is -2.34. The third-order valence-corrected chi connectivity index (χ3v) is 3.92. The van der Waals surface area contributed by atoms with E-state index in [0.29, 0.717) is 6.04 Å². The molecule has 0 bridgehead atoms. The van der Waals surface area contributed by atoms with Crippen molar-refractivity contribution in [1.29, 1.82) is 0 Å². The summed E-state index contributed by atoms with van der Waals surface area (Å²) in [7, 11) is 1.47. The standard InChI is InChI=1S/C15H21NO2/c1-12-14(15(17)18-2)9-11-16(12)10-8-13-6-4-3-5-7-13/h3-7,12,14H,8-11H2,1-2H3/t12-,14-/m0/s1. The quantitative estimate of drug-likeness (QED) is 0.763. The zero-order valence-corrected chi connectivity index (χ0v) is 11.1. The van der Waals surface area contributed by atoms with Gasteiger partial charge in [-0.05, 0) is 31.9 Å². The van der Waals surface area contributed by atoms with E-state index in [1.54, 1.807) is 0 Å². The molecule has 2 atom stereocenters. The summed E-state index contributed by atoms with van der Waals surface area (Å²) in [6.07, 6.45) is 1.96. The minimum absolute atomic E-state index is 0.0470. The molecule has 0 radical (unpaired) electrons. The molecular formula is C15H21NO2. The SMILES string of the molecule is COC(=O)[C@H]1CCN(CCc2ccccc2)[C@H]1C. The first kappa shape index (κ1) is 13.1. The molecule has 0 unspecified atom stereocenters. The van der Waals surface area contributed by atoms with E-state index in [1.165, 1.54) is 12.7 Å². The minimum Gasteiger partial charge on any atom is -0.469 e. The van der Waals surface area contributed by atoms with E-state index in [4.69, 9.17) is 4.74 Å². The summed E-state index contributed by atoms with van der Waals surface area (Å²) in [4.78, 5) is 14.0. The summed E-state index contributed by atoms with van der Waals surface area (Å²) >= 11 is 0. The molecule has 18 heavy (non-hydrogen) atoms. The lowest BCUT2D eigenvalue weighted by molar-refractivity contribution is -0.146. The Bertz CT molecular complexity index is 391. The van der Waals surface area contributed by atoms with Crippen LogP contribution < -0.4 is 0 Å². The molecule has 2 rings (SSSR count). The lowest BCUT2D eigenvalue weighted by atomic mass is 10.0. The van der Waals surface area contributed by atoms with Crippen molar-refractivity contribution < 1.29 is 9.53 Å². The van der Waals surface area contributed by atoms with Crippen molar-refractivity contribution in [1.82, 2.24) is 4.90 Å². The van der Waals surface area contributed by atoms with Gasteiger partial charge in [0.05, 0.1) is 13.0 Å². The maximum Gasteiger partial charge on any atom is 0.310 e. The van der Waals surface area contributed by atoms with Crippen molar-refractivity contribution in [2.24, 2.45) is 5.92 Å². The average Bonchev–Trinajstić information content (AvgIpc) is 2.78. The van der Waals surface area contributed by atoms with Crippen LogP contribution in [0.25, 0.3) is 0 Å². The summed E-state index contributed by atoms with van der Waals surface area (Å²) in [5, 5.41) is 0. The van der Waals surface area contributed by atoms with Gasteiger partial charge >= 0.3 is 5.97 Å². The summed E-state index contributed by atoms with van der Waals surface area (Å²) in [5.41, 5.74) is 1.35. The molecule has 0 amide bonds. The van der Waals surface area contributed by atoms with Gasteiger partial charge in [0.25, 0.3) is 0 Å². The first-order valence-electron chi connectivity index (χ1n) is 6.58. The highest BCUT2D eigenvalue weighted by atomic mass is 16.5. The molecule has 1 fully saturated rings. The molecule has 3 heteroatoms. The van der Waals surface area contributed by atoms with Crippen molar-refractivity contribution in [3.05, 3.63) is 35.9 Å². The zero-order valence-electron chi connectivity index (χ0n) is 11.1.